The Morgan fingerprint density at radius 3 is 2.57 bits per heavy atom. The van der Waals surface area contributed by atoms with Crippen molar-refractivity contribution in [2.75, 3.05) is 6.54 Å². The summed E-state index contributed by atoms with van der Waals surface area (Å²) >= 11 is 0. The van der Waals surface area contributed by atoms with Crippen LogP contribution in [0.4, 0.5) is 0 Å². The zero-order chi connectivity index (χ0) is 19.9. The Labute approximate surface area is 160 Å². The van der Waals surface area contributed by atoms with Crippen molar-refractivity contribution in [2.24, 2.45) is 0 Å². The van der Waals surface area contributed by atoms with Crippen molar-refractivity contribution < 1.29 is 23.5 Å². The van der Waals surface area contributed by atoms with E-state index in [2.05, 4.69) is 16.2 Å². The van der Waals surface area contributed by atoms with E-state index in [0.717, 1.165) is 10.8 Å². The van der Waals surface area contributed by atoms with Crippen molar-refractivity contribution in [3.8, 4) is 5.75 Å². The number of furan rings is 1. The summed E-state index contributed by atoms with van der Waals surface area (Å²) in [5.41, 5.74) is 4.79. The monoisotopic (exact) mass is 381 g/mol. The van der Waals surface area contributed by atoms with E-state index >= 15 is 0 Å². The predicted octanol–water partition coefficient (Wildman–Crippen LogP) is 1.78. The number of hydrazine groups is 1. The topological polar surface area (TPSA) is 110 Å². The van der Waals surface area contributed by atoms with Crippen molar-refractivity contribution in [1.82, 2.24) is 16.2 Å². The molecule has 28 heavy (non-hydrogen) atoms. The molecule has 0 aliphatic rings. The van der Waals surface area contributed by atoms with Crippen LogP contribution >= 0.6 is 0 Å². The Morgan fingerprint density at radius 1 is 1.04 bits per heavy atom. The minimum absolute atomic E-state index is 0.300. The molecule has 8 nitrogen and oxygen atoms in total. The fraction of sp³-hybridized carbons (Fsp3) is 0.150. The molecule has 1 unspecified atom stereocenters. The van der Waals surface area contributed by atoms with E-state index in [4.69, 9.17) is 9.15 Å². The van der Waals surface area contributed by atoms with Crippen molar-refractivity contribution in [2.45, 2.75) is 13.0 Å². The molecular weight excluding hydrogens is 362 g/mol. The molecule has 1 atom stereocenters. The lowest BCUT2D eigenvalue weighted by Crippen LogP contribution is -2.50. The largest absolute Gasteiger partial charge is 0.481 e. The van der Waals surface area contributed by atoms with E-state index in [9.17, 15) is 14.4 Å². The summed E-state index contributed by atoms with van der Waals surface area (Å²) in [4.78, 5) is 35.5. The second-order valence-corrected chi connectivity index (χ2v) is 6.00. The molecule has 3 rings (SSSR count). The maximum absolute atomic E-state index is 12.1. The van der Waals surface area contributed by atoms with Crippen LogP contribution in [0.1, 0.15) is 17.3 Å². The van der Waals surface area contributed by atoms with Gasteiger partial charge in [0, 0.05) is 0 Å². The van der Waals surface area contributed by atoms with Gasteiger partial charge in [-0.1, -0.05) is 30.3 Å². The van der Waals surface area contributed by atoms with Crippen LogP contribution in [-0.2, 0) is 9.59 Å². The average molecular weight is 381 g/mol. The van der Waals surface area contributed by atoms with Gasteiger partial charge in [-0.05, 0) is 35.9 Å². The molecule has 0 saturated heterocycles. The van der Waals surface area contributed by atoms with Gasteiger partial charge >= 0.3 is 0 Å². The fourth-order valence-electron chi connectivity index (χ4n) is 2.43. The van der Waals surface area contributed by atoms with Crippen LogP contribution in [0.5, 0.6) is 5.75 Å². The van der Waals surface area contributed by atoms with Gasteiger partial charge in [0.05, 0.1) is 18.4 Å². The van der Waals surface area contributed by atoms with Crippen molar-refractivity contribution in [3.63, 3.8) is 0 Å². The number of ether oxygens (including phenoxy) is 1. The van der Waals surface area contributed by atoms with Gasteiger partial charge in [0.2, 0.25) is 0 Å². The van der Waals surface area contributed by atoms with E-state index in [1.807, 2.05) is 36.4 Å². The highest BCUT2D eigenvalue weighted by Crippen LogP contribution is 2.21. The molecule has 3 aromatic rings. The normalized spacial score (nSPS) is 11.5. The molecule has 0 bridgehead atoms. The summed E-state index contributed by atoms with van der Waals surface area (Å²) in [5, 5.41) is 4.46. The molecule has 1 heterocycles. The summed E-state index contributed by atoms with van der Waals surface area (Å²) in [6, 6.07) is 14.8. The molecule has 3 N–H and O–H groups in total. The van der Waals surface area contributed by atoms with Crippen molar-refractivity contribution in [3.05, 3.63) is 66.6 Å². The van der Waals surface area contributed by atoms with Crippen LogP contribution in [0.25, 0.3) is 10.8 Å². The van der Waals surface area contributed by atoms with Gasteiger partial charge in [0.25, 0.3) is 17.7 Å². The van der Waals surface area contributed by atoms with Gasteiger partial charge < -0.3 is 14.5 Å². The van der Waals surface area contributed by atoms with Crippen LogP contribution in [0.2, 0.25) is 0 Å². The van der Waals surface area contributed by atoms with Crippen molar-refractivity contribution in [1.29, 1.82) is 0 Å². The lowest BCUT2D eigenvalue weighted by Gasteiger charge is -2.15. The number of fused-ring (bicyclic) bond motifs is 1. The summed E-state index contributed by atoms with van der Waals surface area (Å²) in [7, 11) is 0. The first-order valence-corrected chi connectivity index (χ1v) is 8.57. The standard InChI is InChI=1S/C20H19N3O5/c1-13(28-17-7-6-14-4-2-3-5-15(14)10-17)19(25)23-22-18(24)11-21-20(26)16-8-9-27-12-16/h2-10,12-13H,11H2,1H3,(H,21,26)(H,22,24)(H,23,25). The summed E-state index contributed by atoms with van der Waals surface area (Å²) in [5.74, 6) is -1.02. The lowest BCUT2D eigenvalue weighted by atomic mass is 10.1. The Kier molecular flexibility index (Phi) is 5.91. The third kappa shape index (κ3) is 4.88. The Balaban J connectivity index is 1.44. The van der Waals surface area contributed by atoms with Crippen LogP contribution in [0, 0.1) is 0 Å². The molecule has 144 valence electrons. The number of hydrogen-bond donors (Lipinski definition) is 3. The molecule has 8 heteroatoms. The average Bonchev–Trinajstić information content (AvgIpc) is 3.25. The highest BCUT2D eigenvalue weighted by atomic mass is 16.5. The molecule has 0 saturated carbocycles. The number of hydrogen-bond acceptors (Lipinski definition) is 5. The van der Waals surface area contributed by atoms with Crippen LogP contribution in [0.15, 0.2) is 65.5 Å². The molecule has 0 aliphatic carbocycles. The Bertz CT molecular complexity index is 984. The van der Waals surface area contributed by atoms with Crippen LogP contribution < -0.4 is 20.9 Å². The van der Waals surface area contributed by atoms with Gasteiger partial charge in [-0.15, -0.1) is 0 Å². The number of nitrogens with one attached hydrogen (secondary N) is 3. The molecule has 0 aliphatic heterocycles. The molecule has 0 spiro atoms. The summed E-state index contributed by atoms with van der Waals surface area (Å²) in [6.45, 7) is 1.27. The maximum atomic E-state index is 12.1. The first-order chi connectivity index (χ1) is 13.5. The Morgan fingerprint density at radius 2 is 1.82 bits per heavy atom. The summed E-state index contributed by atoms with van der Waals surface area (Å²) in [6.07, 6.45) is 1.79. The molecule has 3 amide bonds. The first-order valence-electron chi connectivity index (χ1n) is 8.57. The third-order valence-corrected chi connectivity index (χ3v) is 3.92. The second kappa shape index (κ2) is 8.72. The minimum atomic E-state index is -0.831. The van der Waals surface area contributed by atoms with Gasteiger partial charge in [0.15, 0.2) is 6.10 Å². The molecule has 1 aromatic heterocycles. The quantitative estimate of drug-likeness (QED) is 0.564. The van der Waals surface area contributed by atoms with E-state index in [-0.39, 0.29) is 6.54 Å². The molecule has 0 radical (unpaired) electrons. The summed E-state index contributed by atoms with van der Waals surface area (Å²) < 4.78 is 10.4. The van der Waals surface area contributed by atoms with E-state index in [1.165, 1.54) is 18.6 Å². The number of carbonyl (C=O) groups excluding carboxylic acids is 3. The van der Waals surface area contributed by atoms with Gasteiger partial charge in [-0.3, -0.25) is 25.2 Å². The smallest absolute Gasteiger partial charge is 0.279 e. The number of amides is 3. The predicted molar refractivity (Wildman–Crippen MR) is 101 cm³/mol. The first kappa shape index (κ1) is 19.0. The van der Waals surface area contributed by atoms with Gasteiger partial charge in [-0.25, -0.2) is 0 Å². The third-order valence-electron chi connectivity index (χ3n) is 3.92. The van der Waals surface area contributed by atoms with Crippen LogP contribution in [0.3, 0.4) is 0 Å². The fourth-order valence-corrected chi connectivity index (χ4v) is 2.43. The molecule has 2 aromatic carbocycles. The number of rotatable bonds is 6. The highest BCUT2D eigenvalue weighted by molar-refractivity contribution is 5.96. The minimum Gasteiger partial charge on any atom is -0.481 e. The Hall–Kier alpha value is -3.81. The zero-order valence-corrected chi connectivity index (χ0v) is 15.1. The van der Waals surface area contributed by atoms with E-state index < -0.39 is 23.8 Å². The molecule has 0 fully saturated rings. The van der Waals surface area contributed by atoms with Crippen molar-refractivity contribution >= 4 is 28.5 Å². The SMILES string of the molecule is CC(Oc1ccc2ccccc2c1)C(=O)NNC(=O)CNC(=O)c1ccoc1. The van der Waals surface area contributed by atoms with Crippen LogP contribution in [-0.4, -0.2) is 30.4 Å². The highest BCUT2D eigenvalue weighted by Gasteiger charge is 2.16. The lowest BCUT2D eigenvalue weighted by molar-refractivity contribution is -0.132. The van der Waals surface area contributed by atoms with Gasteiger partial charge in [0.1, 0.15) is 12.0 Å². The maximum Gasteiger partial charge on any atom is 0.279 e. The molecular formula is C20H19N3O5. The second-order valence-electron chi connectivity index (χ2n) is 6.00. The van der Waals surface area contributed by atoms with E-state index in [0.29, 0.717) is 11.3 Å². The number of benzene rings is 2. The zero-order valence-electron chi connectivity index (χ0n) is 15.1. The van der Waals surface area contributed by atoms with Gasteiger partial charge in [-0.2, -0.15) is 0 Å². The van der Waals surface area contributed by atoms with E-state index in [1.54, 1.807) is 13.0 Å². The number of carbonyl (C=O) groups is 3.